The Hall–Kier alpha value is -2.75. The molecule has 1 aromatic carbocycles. The van der Waals surface area contributed by atoms with Crippen molar-refractivity contribution in [2.75, 3.05) is 12.5 Å². The van der Waals surface area contributed by atoms with E-state index < -0.39 is 0 Å². The van der Waals surface area contributed by atoms with Gasteiger partial charge in [-0.15, -0.1) is 10.2 Å². The fraction of sp³-hybridized carbons (Fsp3) is 0.231. The average Bonchev–Trinajstić information content (AvgIpc) is 3.18. The molecule has 0 atom stereocenters. The zero-order valence-corrected chi connectivity index (χ0v) is 12.8. The van der Waals surface area contributed by atoms with Gasteiger partial charge in [-0.3, -0.25) is 20.4 Å². The van der Waals surface area contributed by atoms with Crippen LogP contribution in [0.4, 0.5) is 0 Å². The average molecular weight is 336 g/mol. The number of nitrogens with zero attached hydrogens (tertiary/aromatic N) is 2. The molecule has 2 N–H and O–H groups in total. The fourth-order valence-electron chi connectivity index (χ4n) is 1.74. The Balaban J connectivity index is 1.60. The first-order valence-corrected chi connectivity index (χ1v) is 7.52. The molecule has 1 aliphatic heterocycles. The standard InChI is InChI=1S/C13H12N4O5S/c1-7(18)14-15-11(19)5-23-13-17-16-12(22-13)8-2-3-9-10(4-8)21-6-20-9/h2-4H,5-6H2,1H3,(H,14,18)(H,15,19). The smallest absolute Gasteiger partial charge is 0.277 e. The summed E-state index contributed by atoms with van der Waals surface area (Å²) in [6, 6.07) is 5.28. The van der Waals surface area contributed by atoms with Crippen LogP contribution >= 0.6 is 11.8 Å². The molecule has 0 radical (unpaired) electrons. The third kappa shape index (κ3) is 3.72. The minimum atomic E-state index is -0.381. The molecule has 0 spiro atoms. The summed E-state index contributed by atoms with van der Waals surface area (Å²) in [4.78, 5) is 22.1. The second kappa shape index (κ2) is 6.57. The van der Waals surface area contributed by atoms with Crippen LogP contribution in [0.2, 0.25) is 0 Å². The van der Waals surface area contributed by atoms with Gasteiger partial charge < -0.3 is 13.9 Å². The van der Waals surface area contributed by atoms with Crippen molar-refractivity contribution in [2.45, 2.75) is 12.1 Å². The van der Waals surface area contributed by atoms with Crippen LogP contribution in [0.15, 0.2) is 27.8 Å². The number of ether oxygens (including phenoxy) is 2. The predicted octanol–water partition coefficient (Wildman–Crippen LogP) is 0.725. The van der Waals surface area contributed by atoms with Gasteiger partial charge in [-0.1, -0.05) is 11.8 Å². The van der Waals surface area contributed by atoms with E-state index in [1.807, 2.05) is 0 Å². The summed E-state index contributed by atoms with van der Waals surface area (Å²) in [5.74, 6) is 0.887. The number of hydrogen-bond acceptors (Lipinski definition) is 8. The Morgan fingerprint density at radius 1 is 1.22 bits per heavy atom. The molecule has 23 heavy (non-hydrogen) atoms. The first-order valence-electron chi connectivity index (χ1n) is 6.53. The van der Waals surface area contributed by atoms with E-state index in [2.05, 4.69) is 21.0 Å². The van der Waals surface area contributed by atoms with E-state index in [0.29, 0.717) is 23.0 Å². The van der Waals surface area contributed by atoms with E-state index >= 15 is 0 Å². The van der Waals surface area contributed by atoms with Crippen molar-refractivity contribution < 1.29 is 23.5 Å². The van der Waals surface area contributed by atoms with Gasteiger partial charge in [0.2, 0.25) is 24.5 Å². The summed E-state index contributed by atoms with van der Waals surface area (Å²) in [5.41, 5.74) is 5.12. The molecule has 1 aliphatic rings. The van der Waals surface area contributed by atoms with Crippen LogP contribution in [0, 0.1) is 0 Å². The van der Waals surface area contributed by atoms with Crippen LogP contribution in [-0.2, 0) is 9.59 Å². The molecule has 3 rings (SSSR count). The summed E-state index contributed by atoms with van der Waals surface area (Å²) in [6.45, 7) is 1.48. The molecule has 1 aromatic heterocycles. The second-order valence-electron chi connectivity index (χ2n) is 4.46. The minimum absolute atomic E-state index is 0.0308. The highest BCUT2D eigenvalue weighted by molar-refractivity contribution is 7.99. The highest BCUT2D eigenvalue weighted by atomic mass is 32.2. The molecule has 0 bridgehead atoms. The molecule has 0 aliphatic carbocycles. The molecule has 0 fully saturated rings. The molecule has 2 aromatic rings. The molecular formula is C13H12N4O5S. The normalized spacial score (nSPS) is 12.0. The zero-order chi connectivity index (χ0) is 16.2. The molecule has 0 unspecified atom stereocenters. The number of carbonyl (C=O) groups excluding carboxylic acids is 2. The van der Waals surface area contributed by atoms with Crippen LogP contribution in [0.3, 0.4) is 0 Å². The number of rotatable bonds is 4. The van der Waals surface area contributed by atoms with Gasteiger partial charge in [0.05, 0.1) is 5.75 Å². The Bertz CT molecular complexity index is 748. The lowest BCUT2D eigenvalue weighted by atomic mass is 10.2. The number of hydrogen-bond donors (Lipinski definition) is 2. The van der Waals surface area contributed by atoms with E-state index in [1.165, 1.54) is 6.92 Å². The Kier molecular flexibility index (Phi) is 4.33. The number of benzene rings is 1. The van der Waals surface area contributed by atoms with Crippen LogP contribution in [0.25, 0.3) is 11.5 Å². The highest BCUT2D eigenvalue weighted by Gasteiger charge is 2.17. The lowest BCUT2D eigenvalue weighted by molar-refractivity contribution is -0.126. The van der Waals surface area contributed by atoms with E-state index in [4.69, 9.17) is 13.9 Å². The largest absolute Gasteiger partial charge is 0.454 e. The summed E-state index contributed by atoms with van der Waals surface area (Å²) >= 11 is 1.06. The van der Waals surface area contributed by atoms with Gasteiger partial charge in [0.1, 0.15) is 0 Å². The quantitative estimate of drug-likeness (QED) is 0.620. The lowest BCUT2D eigenvalue weighted by Gasteiger charge is -2.02. The van der Waals surface area contributed by atoms with E-state index in [9.17, 15) is 9.59 Å². The number of aromatic nitrogens is 2. The van der Waals surface area contributed by atoms with Gasteiger partial charge in [-0.05, 0) is 18.2 Å². The van der Waals surface area contributed by atoms with Crippen molar-refractivity contribution in [3.05, 3.63) is 18.2 Å². The fourth-order valence-corrected chi connectivity index (χ4v) is 2.30. The number of nitrogens with one attached hydrogen (secondary N) is 2. The van der Waals surface area contributed by atoms with Crippen molar-refractivity contribution in [3.8, 4) is 23.0 Å². The first-order chi connectivity index (χ1) is 11.1. The third-order valence-electron chi connectivity index (χ3n) is 2.73. The van der Waals surface area contributed by atoms with Crippen LogP contribution in [0.1, 0.15) is 6.92 Å². The Labute approximate surface area is 134 Å². The van der Waals surface area contributed by atoms with Crippen LogP contribution in [0.5, 0.6) is 11.5 Å². The van der Waals surface area contributed by atoms with E-state index in [1.54, 1.807) is 18.2 Å². The maximum absolute atomic E-state index is 11.5. The van der Waals surface area contributed by atoms with E-state index in [-0.39, 0.29) is 29.6 Å². The zero-order valence-electron chi connectivity index (χ0n) is 12.0. The highest BCUT2D eigenvalue weighted by Crippen LogP contribution is 2.35. The molecule has 9 nitrogen and oxygen atoms in total. The van der Waals surface area contributed by atoms with Crippen molar-refractivity contribution in [1.82, 2.24) is 21.0 Å². The summed E-state index contributed by atoms with van der Waals surface area (Å²) in [6.07, 6.45) is 0. The summed E-state index contributed by atoms with van der Waals surface area (Å²) in [7, 11) is 0. The first kappa shape index (κ1) is 15.2. The Morgan fingerprint density at radius 2 is 2.04 bits per heavy atom. The van der Waals surface area contributed by atoms with Gasteiger partial charge >= 0.3 is 0 Å². The van der Waals surface area contributed by atoms with Gasteiger partial charge in [0.25, 0.3) is 5.22 Å². The van der Waals surface area contributed by atoms with Gasteiger partial charge in [-0.25, -0.2) is 0 Å². The number of thioether (sulfide) groups is 1. The molecule has 10 heteroatoms. The van der Waals surface area contributed by atoms with Gasteiger partial charge in [0.15, 0.2) is 11.5 Å². The predicted molar refractivity (Wildman–Crippen MR) is 78.5 cm³/mol. The van der Waals surface area contributed by atoms with Crippen molar-refractivity contribution in [1.29, 1.82) is 0 Å². The third-order valence-corrected chi connectivity index (χ3v) is 3.55. The number of amides is 2. The maximum atomic E-state index is 11.5. The number of fused-ring (bicyclic) bond motifs is 1. The topological polar surface area (TPSA) is 116 Å². The molecule has 2 amide bonds. The molecule has 120 valence electrons. The van der Waals surface area contributed by atoms with Gasteiger partial charge in [0, 0.05) is 12.5 Å². The Morgan fingerprint density at radius 3 is 2.87 bits per heavy atom. The second-order valence-corrected chi connectivity index (χ2v) is 5.39. The van der Waals surface area contributed by atoms with Crippen LogP contribution < -0.4 is 20.3 Å². The molecule has 2 heterocycles. The van der Waals surface area contributed by atoms with Crippen molar-refractivity contribution in [3.63, 3.8) is 0 Å². The number of carbonyl (C=O) groups is 2. The maximum Gasteiger partial charge on any atom is 0.277 e. The lowest BCUT2D eigenvalue weighted by Crippen LogP contribution is -2.41. The van der Waals surface area contributed by atoms with Crippen LogP contribution in [-0.4, -0.2) is 34.6 Å². The SMILES string of the molecule is CC(=O)NNC(=O)CSc1nnc(-c2ccc3c(c2)OCO3)o1. The summed E-state index contributed by atoms with van der Waals surface area (Å²) in [5, 5.41) is 8.03. The minimum Gasteiger partial charge on any atom is -0.454 e. The van der Waals surface area contributed by atoms with Crippen molar-refractivity contribution in [2.24, 2.45) is 0 Å². The summed E-state index contributed by atoms with van der Waals surface area (Å²) < 4.78 is 16.0. The van der Waals surface area contributed by atoms with E-state index in [0.717, 1.165) is 11.8 Å². The molecule has 0 saturated carbocycles. The van der Waals surface area contributed by atoms with Gasteiger partial charge in [-0.2, -0.15) is 0 Å². The van der Waals surface area contributed by atoms with Crippen molar-refractivity contribution >= 4 is 23.6 Å². The molecular weight excluding hydrogens is 324 g/mol. The monoisotopic (exact) mass is 336 g/mol. The molecule has 0 saturated heterocycles. The number of hydrazine groups is 1.